The molecule has 0 fully saturated rings. The van der Waals surface area contributed by atoms with Gasteiger partial charge in [-0.2, -0.15) is 0 Å². The van der Waals surface area contributed by atoms with Gasteiger partial charge in [0.2, 0.25) is 0 Å². The summed E-state index contributed by atoms with van der Waals surface area (Å²) < 4.78 is 29.3. The number of methoxy groups -OCH3 is 3. The van der Waals surface area contributed by atoms with E-state index in [0.717, 1.165) is 11.1 Å². The van der Waals surface area contributed by atoms with Crippen LogP contribution in [-0.2, 0) is 13.1 Å². The third kappa shape index (κ3) is 5.02. The summed E-state index contributed by atoms with van der Waals surface area (Å²) in [6, 6.07) is 10.1. The SMILES string of the molecule is CN=C(NCc1cccc(F)c1)NCc1cc(OC)c(OC)cc1OC. The number of halogens is 1. The Hall–Kier alpha value is -2.96. The lowest BCUT2D eigenvalue weighted by atomic mass is 10.1. The summed E-state index contributed by atoms with van der Waals surface area (Å²) in [6.45, 7) is 0.923. The molecule has 0 saturated heterocycles. The predicted octanol–water partition coefficient (Wildman–Crippen LogP) is 2.72. The molecule has 6 nitrogen and oxygen atoms in total. The second-order valence-corrected chi connectivity index (χ2v) is 5.43. The van der Waals surface area contributed by atoms with Gasteiger partial charge in [0.05, 0.1) is 21.3 Å². The molecule has 2 aromatic carbocycles. The molecule has 0 saturated carbocycles. The zero-order chi connectivity index (χ0) is 18.9. The number of guanidine groups is 1. The molecule has 0 atom stereocenters. The Labute approximate surface area is 153 Å². The second kappa shape index (κ2) is 9.50. The van der Waals surface area contributed by atoms with E-state index in [1.165, 1.54) is 12.1 Å². The second-order valence-electron chi connectivity index (χ2n) is 5.43. The third-order valence-corrected chi connectivity index (χ3v) is 3.81. The molecule has 0 aromatic heterocycles. The van der Waals surface area contributed by atoms with Gasteiger partial charge in [0.1, 0.15) is 11.6 Å². The topological polar surface area (TPSA) is 64.1 Å². The quantitative estimate of drug-likeness (QED) is 0.586. The first-order valence-electron chi connectivity index (χ1n) is 8.09. The van der Waals surface area contributed by atoms with Crippen LogP contribution in [0.5, 0.6) is 17.2 Å². The van der Waals surface area contributed by atoms with Gasteiger partial charge in [-0.05, 0) is 23.8 Å². The van der Waals surface area contributed by atoms with Crippen LogP contribution in [0.2, 0.25) is 0 Å². The summed E-state index contributed by atoms with van der Waals surface area (Å²) in [4.78, 5) is 4.18. The first kappa shape index (κ1) is 19.4. The Balaban J connectivity index is 2.03. The highest BCUT2D eigenvalue weighted by Gasteiger charge is 2.12. The van der Waals surface area contributed by atoms with E-state index < -0.39 is 0 Å². The van der Waals surface area contributed by atoms with Crippen molar-refractivity contribution < 1.29 is 18.6 Å². The maximum Gasteiger partial charge on any atom is 0.191 e. The van der Waals surface area contributed by atoms with Gasteiger partial charge in [-0.3, -0.25) is 4.99 Å². The summed E-state index contributed by atoms with van der Waals surface area (Å²) in [5.74, 6) is 2.22. The minimum Gasteiger partial charge on any atom is -0.496 e. The van der Waals surface area contributed by atoms with E-state index in [1.807, 2.05) is 12.1 Å². The maximum absolute atomic E-state index is 13.2. The highest BCUT2D eigenvalue weighted by Crippen LogP contribution is 2.34. The average Bonchev–Trinajstić information content (AvgIpc) is 2.67. The van der Waals surface area contributed by atoms with Gasteiger partial charge >= 0.3 is 0 Å². The van der Waals surface area contributed by atoms with E-state index in [-0.39, 0.29) is 5.82 Å². The van der Waals surface area contributed by atoms with Crippen molar-refractivity contribution >= 4 is 5.96 Å². The molecule has 0 heterocycles. The summed E-state index contributed by atoms with van der Waals surface area (Å²) in [5.41, 5.74) is 1.72. The Kier molecular flexibility index (Phi) is 7.08. The summed E-state index contributed by atoms with van der Waals surface area (Å²) in [6.07, 6.45) is 0. The molecule has 0 amide bonds. The van der Waals surface area contributed by atoms with Crippen molar-refractivity contribution in [1.82, 2.24) is 10.6 Å². The van der Waals surface area contributed by atoms with E-state index in [2.05, 4.69) is 15.6 Å². The van der Waals surface area contributed by atoms with Gasteiger partial charge in [0.15, 0.2) is 17.5 Å². The molecule has 0 radical (unpaired) electrons. The molecular weight excluding hydrogens is 337 g/mol. The van der Waals surface area contributed by atoms with Crippen LogP contribution in [0.4, 0.5) is 4.39 Å². The van der Waals surface area contributed by atoms with Crippen molar-refractivity contribution in [2.45, 2.75) is 13.1 Å². The van der Waals surface area contributed by atoms with Gasteiger partial charge < -0.3 is 24.8 Å². The number of ether oxygens (including phenoxy) is 3. The zero-order valence-electron chi connectivity index (χ0n) is 15.4. The molecule has 0 spiro atoms. The Morgan fingerprint density at radius 1 is 0.923 bits per heavy atom. The lowest BCUT2D eigenvalue weighted by Crippen LogP contribution is -2.36. The van der Waals surface area contributed by atoms with Gasteiger partial charge in [-0.1, -0.05) is 12.1 Å². The molecule has 2 aromatic rings. The van der Waals surface area contributed by atoms with Crippen molar-refractivity contribution in [2.24, 2.45) is 4.99 Å². The molecule has 2 N–H and O–H groups in total. The lowest BCUT2D eigenvalue weighted by molar-refractivity contribution is 0.347. The Bertz CT molecular complexity index is 766. The van der Waals surface area contributed by atoms with Gasteiger partial charge in [-0.15, -0.1) is 0 Å². The summed E-state index contributed by atoms with van der Waals surface area (Å²) >= 11 is 0. The average molecular weight is 361 g/mol. The number of nitrogens with zero attached hydrogens (tertiary/aromatic N) is 1. The van der Waals surface area contributed by atoms with Crippen LogP contribution < -0.4 is 24.8 Å². The van der Waals surface area contributed by atoms with Gasteiger partial charge in [-0.25, -0.2) is 4.39 Å². The molecule has 0 aliphatic carbocycles. The van der Waals surface area contributed by atoms with Crippen molar-refractivity contribution in [3.8, 4) is 17.2 Å². The largest absolute Gasteiger partial charge is 0.496 e. The predicted molar refractivity (Wildman–Crippen MR) is 99.5 cm³/mol. The molecule has 140 valence electrons. The fraction of sp³-hybridized carbons (Fsp3) is 0.316. The highest BCUT2D eigenvalue weighted by atomic mass is 19.1. The first-order chi connectivity index (χ1) is 12.6. The molecule has 0 bridgehead atoms. The molecule has 0 aliphatic rings. The highest BCUT2D eigenvalue weighted by molar-refractivity contribution is 5.79. The number of hydrogen-bond donors (Lipinski definition) is 2. The number of rotatable bonds is 7. The molecular formula is C19H24FN3O3. The van der Waals surface area contributed by atoms with Crippen LogP contribution in [0.25, 0.3) is 0 Å². The smallest absolute Gasteiger partial charge is 0.191 e. The minimum atomic E-state index is -0.262. The van der Waals surface area contributed by atoms with Crippen molar-refractivity contribution in [3.05, 3.63) is 53.3 Å². The van der Waals surface area contributed by atoms with Crippen LogP contribution in [0, 0.1) is 5.82 Å². The van der Waals surface area contributed by atoms with E-state index in [1.54, 1.807) is 40.5 Å². The van der Waals surface area contributed by atoms with E-state index in [4.69, 9.17) is 14.2 Å². The lowest BCUT2D eigenvalue weighted by Gasteiger charge is -2.16. The van der Waals surface area contributed by atoms with Gasteiger partial charge in [0.25, 0.3) is 0 Å². The number of benzene rings is 2. The standard InChI is InChI=1S/C19H24FN3O3/c1-21-19(22-11-13-6-5-7-15(20)8-13)23-12-14-9-17(25-3)18(26-4)10-16(14)24-2/h5-10H,11-12H2,1-4H3,(H2,21,22,23). The molecule has 7 heteroatoms. The Morgan fingerprint density at radius 2 is 1.58 bits per heavy atom. The minimum absolute atomic E-state index is 0.262. The monoisotopic (exact) mass is 361 g/mol. The first-order valence-corrected chi connectivity index (χ1v) is 8.09. The molecule has 26 heavy (non-hydrogen) atoms. The molecule has 2 rings (SSSR count). The Morgan fingerprint density at radius 3 is 2.19 bits per heavy atom. The van der Waals surface area contributed by atoms with Crippen LogP contribution in [0.1, 0.15) is 11.1 Å². The van der Waals surface area contributed by atoms with E-state index >= 15 is 0 Å². The van der Waals surface area contributed by atoms with Crippen molar-refractivity contribution in [2.75, 3.05) is 28.4 Å². The van der Waals surface area contributed by atoms with Crippen LogP contribution in [-0.4, -0.2) is 34.3 Å². The number of aliphatic imine (C=N–C) groups is 1. The maximum atomic E-state index is 13.2. The third-order valence-electron chi connectivity index (χ3n) is 3.81. The van der Waals surface area contributed by atoms with E-state index in [0.29, 0.717) is 36.3 Å². The van der Waals surface area contributed by atoms with Crippen LogP contribution in [0.3, 0.4) is 0 Å². The van der Waals surface area contributed by atoms with E-state index in [9.17, 15) is 4.39 Å². The fourth-order valence-electron chi connectivity index (χ4n) is 2.46. The zero-order valence-corrected chi connectivity index (χ0v) is 15.4. The number of nitrogens with one attached hydrogen (secondary N) is 2. The van der Waals surface area contributed by atoms with Crippen molar-refractivity contribution in [1.29, 1.82) is 0 Å². The van der Waals surface area contributed by atoms with Crippen LogP contribution in [0.15, 0.2) is 41.4 Å². The fourth-order valence-corrected chi connectivity index (χ4v) is 2.46. The van der Waals surface area contributed by atoms with Crippen molar-refractivity contribution in [3.63, 3.8) is 0 Å². The summed E-state index contributed by atoms with van der Waals surface area (Å²) in [5, 5.41) is 6.35. The summed E-state index contributed by atoms with van der Waals surface area (Å²) in [7, 11) is 6.43. The molecule has 0 unspecified atom stereocenters. The molecule has 0 aliphatic heterocycles. The normalized spacial score (nSPS) is 11.0. The van der Waals surface area contributed by atoms with Gasteiger partial charge in [0, 0.05) is 31.8 Å². The number of hydrogen-bond acceptors (Lipinski definition) is 4. The van der Waals surface area contributed by atoms with Crippen LogP contribution >= 0.6 is 0 Å².